The third-order valence-corrected chi connectivity index (χ3v) is 4.41. The first-order chi connectivity index (χ1) is 14.0. The highest BCUT2D eigenvalue weighted by Crippen LogP contribution is 2.29. The van der Waals surface area contributed by atoms with E-state index in [0.29, 0.717) is 28.3 Å². The molecule has 0 bridgehead atoms. The lowest BCUT2D eigenvalue weighted by Crippen LogP contribution is -2.32. The maximum Gasteiger partial charge on any atom is 0.419 e. The molecule has 0 atom stereocenters. The third-order valence-electron chi connectivity index (χ3n) is 4.41. The molecule has 0 fully saturated rings. The van der Waals surface area contributed by atoms with Gasteiger partial charge in [-0.05, 0) is 46.8 Å². The molecule has 8 nitrogen and oxygen atoms in total. The fourth-order valence-corrected chi connectivity index (χ4v) is 3.27. The van der Waals surface area contributed by atoms with Crippen LogP contribution in [0, 0.1) is 0 Å². The number of nitrogens with zero attached hydrogens (tertiary/aromatic N) is 4. The first-order valence-corrected chi connectivity index (χ1v) is 9.72. The van der Waals surface area contributed by atoms with Gasteiger partial charge in [-0.3, -0.25) is 0 Å². The molecule has 4 N–H and O–H groups in total. The number of carbonyl (C=O) groups is 1. The number of hydrogen-bond donors (Lipinski definition) is 2. The van der Waals surface area contributed by atoms with Crippen LogP contribution in [0.5, 0.6) is 0 Å². The molecule has 1 aliphatic heterocycles. The molecule has 158 valence electrons. The molecule has 1 aromatic carbocycles. The number of benzene rings is 1. The van der Waals surface area contributed by atoms with E-state index in [2.05, 4.69) is 11.6 Å². The van der Waals surface area contributed by atoms with E-state index in [0.717, 1.165) is 5.39 Å². The Labute approximate surface area is 176 Å². The summed E-state index contributed by atoms with van der Waals surface area (Å²) in [6.45, 7) is 13.1. The van der Waals surface area contributed by atoms with E-state index in [1.54, 1.807) is 5.01 Å². The van der Waals surface area contributed by atoms with Crippen molar-refractivity contribution in [1.82, 2.24) is 9.58 Å². The van der Waals surface area contributed by atoms with Gasteiger partial charge in [0, 0.05) is 17.6 Å². The second-order valence-corrected chi connectivity index (χ2v) is 8.26. The highest BCUT2D eigenvalue weighted by molar-refractivity contribution is 6.33. The smallest absolute Gasteiger partial charge is 0.419 e. The summed E-state index contributed by atoms with van der Waals surface area (Å²) in [5.41, 5.74) is 13.5. The maximum absolute atomic E-state index is 13.2. The van der Waals surface area contributed by atoms with Crippen molar-refractivity contribution in [2.75, 3.05) is 0 Å². The van der Waals surface area contributed by atoms with Gasteiger partial charge in [0.15, 0.2) is 5.84 Å². The molecule has 1 aromatic heterocycles. The first kappa shape index (κ1) is 21.2. The lowest BCUT2D eigenvalue weighted by atomic mass is 10.1. The number of carbonyl (C=O) groups excluding carboxylic acids is 1. The van der Waals surface area contributed by atoms with E-state index in [1.165, 1.54) is 10.8 Å². The third kappa shape index (κ3) is 3.80. The largest absolute Gasteiger partial charge is 0.443 e. The molecule has 8 heteroatoms. The molecule has 0 saturated carbocycles. The van der Waals surface area contributed by atoms with E-state index in [9.17, 15) is 4.79 Å². The Balaban J connectivity index is 2.30. The Morgan fingerprint density at radius 2 is 1.93 bits per heavy atom. The molecule has 0 amide bonds. The lowest BCUT2D eigenvalue weighted by molar-refractivity contribution is 0.0544. The van der Waals surface area contributed by atoms with Crippen LogP contribution in [0.3, 0.4) is 0 Å². The highest BCUT2D eigenvalue weighted by atomic mass is 16.6. The van der Waals surface area contributed by atoms with Crippen molar-refractivity contribution in [3.8, 4) is 0 Å². The molecule has 3 rings (SSSR count). The van der Waals surface area contributed by atoms with Crippen LogP contribution in [0.1, 0.15) is 40.3 Å². The van der Waals surface area contributed by atoms with Crippen LogP contribution in [-0.2, 0) is 4.74 Å². The summed E-state index contributed by atoms with van der Waals surface area (Å²) in [7, 11) is 0. The predicted octanol–water partition coefficient (Wildman–Crippen LogP) is 3.52. The van der Waals surface area contributed by atoms with Gasteiger partial charge in [-0.2, -0.15) is 5.10 Å². The Morgan fingerprint density at radius 1 is 1.27 bits per heavy atom. The molecule has 0 spiro atoms. The summed E-state index contributed by atoms with van der Waals surface area (Å²) in [5, 5.41) is 7.29. The second kappa shape index (κ2) is 7.70. The average molecular weight is 409 g/mol. The zero-order valence-electron chi connectivity index (χ0n) is 18.0. The number of para-hydroxylation sites is 1. The van der Waals surface area contributed by atoms with Crippen molar-refractivity contribution >= 4 is 28.5 Å². The van der Waals surface area contributed by atoms with Crippen molar-refractivity contribution in [2.45, 2.75) is 46.3 Å². The van der Waals surface area contributed by atoms with Crippen molar-refractivity contribution in [3.63, 3.8) is 0 Å². The average Bonchev–Trinajstić information content (AvgIpc) is 3.19. The number of aromatic nitrogens is 1. The molecule has 30 heavy (non-hydrogen) atoms. The van der Waals surface area contributed by atoms with Gasteiger partial charge in [-0.15, -0.1) is 0 Å². The van der Waals surface area contributed by atoms with Gasteiger partial charge in [0.05, 0.1) is 16.8 Å². The predicted molar refractivity (Wildman–Crippen MR) is 120 cm³/mol. The highest BCUT2D eigenvalue weighted by Gasteiger charge is 2.35. The number of aliphatic imine (C=N–C) groups is 1. The first-order valence-electron chi connectivity index (χ1n) is 9.72. The molecule has 0 aliphatic carbocycles. The summed E-state index contributed by atoms with van der Waals surface area (Å²) in [6.07, 6.45) is 0.900. The van der Waals surface area contributed by atoms with Crippen molar-refractivity contribution < 1.29 is 9.53 Å². The zero-order valence-corrected chi connectivity index (χ0v) is 18.0. The van der Waals surface area contributed by atoms with Crippen LogP contribution in [0.4, 0.5) is 4.79 Å². The van der Waals surface area contributed by atoms with Crippen LogP contribution in [-0.4, -0.2) is 38.9 Å². The minimum Gasteiger partial charge on any atom is -0.443 e. The standard InChI is InChI=1S/C22H28N6O2/c1-7-25-20-17(19(23)24)18(26-28(20)13(2)3)16-12-14-10-8-9-11-15(14)27(16)21(29)30-22(4,5)6/h7-13H,1,23-24H2,2-6H3/b25-20+. The van der Waals surface area contributed by atoms with Crippen LogP contribution < -0.4 is 11.5 Å². The number of hydrogen-bond acceptors (Lipinski definition) is 6. The maximum atomic E-state index is 13.2. The van der Waals surface area contributed by atoms with Gasteiger partial charge < -0.3 is 16.2 Å². The van der Waals surface area contributed by atoms with E-state index in [1.807, 2.05) is 65.0 Å². The molecule has 0 unspecified atom stereocenters. The van der Waals surface area contributed by atoms with E-state index < -0.39 is 11.7 Å². The van der Waals surface area contributed by atoms with Crippen molar-refractivity contribution in [1.29, 1.82) is 0 Å². The fourth-order valence-electron chi connectivity index (χ4n) is 3.27. The second-order valence-electron chi connectivity index (χ2n) is 8.26. The number of rotatable bonds is 3. The van der Waals surface area contributed by atoms with Crippen LogP contribution in [0.2, 0.25) is 0 Å². The van der Waals surface area contributed by atoms with Crippen LogP contribution in [0.25, 0.3) is 10.9 Å². The SMILES string of the molecule is C=C/N=C1\C(=C(N)N)C(c2cc3ccccc3n2C(=O)OC(C)(C)C)=NN1C(C)C. The summed E-state index contributed by atoms with van der Waals surface area (Å²) >= 11 is 0. The van der Waals surface area contributed by atoms with Crippen LogP contribution in [0.15, 0.2) is 64.6 Å². The van der Waals surface area contributed by atoms with E-state index in [4.69, 9.17) is 21.3 Å². The minimum absolute atomic E-state index is 0.0186. The lowest BCUT2D eigenvalue weighted by Gasteiger charge is -2.21. The quantitative estimate of drug-likeness (QED) is 0.807. The Morgan fingerprint density at radius 3 is 2.50 bits per heavy atom. The summed E-state index contributed by atoms with van der Waals surface area (Å²) in [5.74, 6) is 0.537. The van der Waals surface area contributed by atoms with Crippen molar-refractivity contribution in [2.24, 2.45) is 21.6 Å². The topological polar surface area (TPSA) is 111 Å². The number of amidine groups is 1. The fraction of sp³-hybridized carbons (Fsp3) is 0.318. The summed E-state index contributed by atoms with van der Waals surface area (Å²) in [6, 6.07) is 9.39. The Hall–Kier alpha value is -3.55. The van der Waals surface area contributed by atoms with Gasteiger partial charge in [0.2, 0.25) is 0 Å². The normalized spacial score (nSPS) is 15.8. The number of ether oxygens (including phenoxy) is 1. The van der Waals surface area contributed by atoms with Crippen molar-refractivity contribution in [3.05, 3.63) is 60.2 Å². The molecule has 2 heterocycles. The van der Waals surface area contributed by atoms with Crippen LogP contribution >= 0.6 is 0 Å². The van der Waals surface area contributed by atoms with E-state index in [-0.39, 0.29) is 11.9 Å². The van der Waals surface area contributed by atoms with Gasteiger partial charge in [0.1, 0.15) is 17.1 Å². The summed E-state index contributed by atoms with van der Waals surface area (Å²) in [4.78, 5) is 17.5. The van der Waals surface area contributed by atoms with Gasteiger partial charge in [0.25, 0.3) is 0 Å². The Kier molecular flexibility index (Phi) is 5.43. The molecule has 0 radical (unpaired) electrons. The number of hydrazone groups is 1. The van der Waals surface area contributed by atoms with Gasteiger partial charge in [-0.25, -0.2) is 19.4 Å². The minimum atomic E-state index is -0.664. The molecule has 1 aliphatic rings. The molecule has 2 aromatic rings. The zero-order chi connectivity index (χ0) is 22.2. The number of nitrogens with two attached hydrogens (primary N) is 2. The molecular weight excluding hydrogens is 380 g/mol. The van der Waals surface area contributed by atoms with Gasteiger partial charge >= 0.3 is 6.09 Å². The molecule has 0 saturated heterocycles. The summed E-state index contributed by atoms with van der Waals surface area (Å²) < 4.78 is 7.16. The van der Waals surface area contributed by atoms with Gasteiger partial charge in [-0.1, -0.05) is 24.8 Å². The Bertz CT molecular complexity index is 1090. The van der Waals surface area contributed by atoms with E-state index >= 15 is 0 Å². The molecular formula is C22H28N6O2. The number of fused-ring (bicyclic) bond motifs is 1. The monoisotopic (exact) mass is 408 g/mol.